The molecule has 2 aliphatic rings. The van der Waals surface area contributed by atoms with Crippen molar-refractivity contribution in [2.45, 2.75) is 32.0 Å². The molecule has 0 spiro atoms. The molecule has 0 aliphatic carbocycles. The van der Waals surface area contributed by atoms with Crippen LogP contribution in [0.1, 0.15) is 31.2 Å². The Balaban J connectivity index is 0.000000163. The monoisotopic (exact) mass is 525 g/mol. The van der Waals surface area contributed by atoms with E-state index >= 15 is 0 Å². The highest BCUT2D eigenvalue weighted by molar-refractivity contribution is 6.05. The molecule has 1 atom stereocenters. The molecule has 0 saturated carbocycles. The lowest BCUT2D eigenvalue weighted by molar-refractivity contribution is -0.144. The fraction of sp³-hybridized carbons (Fsp3) is 0.370. The average molecular weight is 526 g/mol. The molecule has 38 heavy (non-hydrogen) atoms. The summed E-state index contributed by atoms with van der Waals surface area (Å²) in [4.78, 5) is 25.7. The maximum Gasteiger partial charge on any atom is 0.451 e. The van der Waals surface area contributed by atoms with Crippen molar-refractivity contribution < 1.29 is 22.3 Å². The Kier molecular flexibility index (Phi) is 6.99. The minimum atomic E-state index is -4.58. The van der Waals surface area contributed by atoms with E-state index in [1.54, 1.807) is 36.5 Å². The fourth-order valence-corrected chi connectivity index (χ4v) is 4.70. The normalized spacial score (nSPS) is 17.9. The van der Waals surface area contributed by atoms with E-state index in [2.05, 4.69) is 20.9 Å². The molecule has 1 N–H and O–H groups in total. The van der Waals surface area contributed by atoms with Gasteiger partial charge in [-0.1, -0.05) is 18.1 Å². The number of morpholine rings is 1. The lowest BCUT2D eigenvalue weighted by atomic mass is 10.2. The number of nitrogens with zero attached hydrogens (tertiary/aromatic N) is 4. The molecule has 2 saturated heterocycles. The Morgan fingerprint density at radius 3 is 2.63 bits per heavy atom. The smallest absolute Gasteiger partial charge is 0.450 e. The molecule has 1 unspecified atom stereocenters. The Morgan fingerprint density at radius 2 is 1.92 bits per heavy atom. The molecular weight excluding hydrogens is 499 g/mol. The predicted molar refractivity (Wildman–Crippen MR) is 138 cm³/mol. The highest BCUT2D eigenvalue weighted by Crippen LogP contribution is 2.37. The van der Waals surface area contributed by atoms with Gasteiger partial charge in [0, 0.05) is 42.8 Å². The second-order valence-corrected chi connectivity index (χ2v) is 9.20. The molecule has 2 fully saturated rings. The van der Waals surface area contributed by atoms with Gasteiger partial charge >= 0.3 is 6.18 Å². The van der Waals surface area contributed by atoms with Gasteiger partial charge < -0.3 is 23.9 Å². The predicted octanol–water partition coefficient (Wildman–Crippen LogP) is 4.58. The number of halogens is 3. The Morgan fingerprint density at radius 1 is 1.16 bits per heavy atom. The summed E-state index contributed by atoms with van der Waals surface area (Å²) in [6, 6.07) is 8.91. The highest BCUT2D eigenvalue weighted by Gasteiger charge is 2.37. The first-order valence-corrected chi connectivity index (χ1v) is 12.3. The number of alkyl halides is 3. The molecule has 6 rings (SSSR count). The highest BCUT2D eigenvalue weighted by atomic mass is 19.4. The zero-order chi connectivity index (χ0) is 26.9. The number of pyridine rings is 1. The fourth-order valence-electron chi connectivity index (χ4n) is 4.70. The molecule has 2 aliphatic heterocycles. The van der Waals surface area contributed by atoms with E-state index in [0.29, 0.717) is 54.1 Å². The van der Waals surface area contributed by atoms with Gasteiger partial charge in [-0.25, -0.2) is 9.97 Å². The van der Waals surface area contributed by atoms with Crippen LogP contribution in [0.15, 0.2) is 45.7 Å². The van der Waals surface area contributed by atoms with E-state index in [-0.39, 0.29) is 22.9 Å². The third-order valence-corrected chi connectivity index (χ3v) is 6.59. The van der Waals surface area contributed by atoms with Crippen molar-refractivity contribution in [2.75, 3.05) is 42.6 Å². The van der Waals surface area contributed by atoms with Gasteiger partial charge in [-0.3, -0.25) is 4.79 Å². The van der Waals surface area contributed by atoms with Crippen LogP contribution in [-0.2, 0) is 10.9 Å². The van der Waals surface area contributed by atoms with E-state index in [9.17, 15) is 18.0 Å². The number of aromatic nitrogens is 3. The summed E-state index contributed by atoms with van der Waals surface area (Å²) < 4.78 is 50.4. The first-order valence-electron chi connectivity index (χ1n) is 12.3. The van der Waals surface area contributed by atoms with E-state index in [1.165, 1.54) is 0 Å². The molecule has 8 nitrogen and oxygen atoms in total. The van der Waals surface area contributed by atoms with E-state index in [0.717, 1.165) is 19.4 Å². The van der Waals surface area contributed by atoms with Crippen LogP contribution in [0, 0.1) is 12.3 Å². The molecule has 0 amide bonds. The second-order valence-electron chi connectivity index (χ2n) is 9.20. The largest absolute Gasteiger partial charge is 0.451 e. The van der Waals surface area contributed by atoms with Crippen molar-refractivity contribution in [2.24, 2.45) is 0 Å². The number of anilines is 2. The molecule has 4 aromatic rings. The van der Waals surface area contributed by atoms with Gasteiger partial charge in [0.1, 0.15) is 16.8 Å². The number of terminal acetylenes is 1. The van der Waals surface area contributed by atoms with E-state index < -0.39 is 12.0 Å². The molecule has 3 aromatic heterocycles. The standard InChI is InChI=1S/C15H12F3N3O.C12H14N2O2/c16-15(17,18)14-19-11-9-5-1-2-6-10(9)22-12(11)13(20-14)21-7-3-4-8-21;1-3-10-6-11(12(15)13-7-10)14-4-5-16-8-9(14)2/h1-2,5-6H,3-4,7-8H2;1,6-7,9H,4-5,8H2,2H3,(H,13,15). The van der Waals surface area contributed by atoms with Crippen molar-refractivity contribution in [3.8, 4) is 12.3 Å². The van der Waals surface area contributed by atoms with E-state index in [1.807, 2.05) is 16.7 Å². The van der Waals surface area contributed by atoms with Gasteiger partial charge in [0.15, 0.2) is 11.4 Å². The maximum atomic E-state index is 13.1. The topological polar surface area (TPSA) is 87.5 Å². The SMILES string of the molecule is C#Cc1c[nH]c(=O)c(N2CCOCC2C)c1.FC(F)(F)c1nc(N2CCCC2)c2oc3ccccc3c2n1. The van der Waals surface area contributed by atoms with Gasteiger partial charge in [0.05, 0.1) is 13.2 Å². The third kappa shape index (κ3) is 5.04. The van der Waals surface area contributed by atoms with Crippen LogP contribution in [0.4, 0.5) is 24.7 Å². The number of benzene rings is 1. The summed E-state index contributed by atoms with van der Waals surface area (Å²) in [5.41, 5.74) is 2.29. The molecule has 11 heteroatoms. The number of hydrogen-bond donors (Lipinski definition) is 1. The van der Waals surface area contributed by atoms with Crippen molar-refractivity contribution >= 4 is 33.6 Å². The molecule has 0 radical (unpaired) electrons. The Hall–Kier alpha value is -4.04. The minimum Gasteiger partial charge on any atom is -0.450 e. The lowest BCUT2D eigenvalue weighted by Crippen LogP contribution is -2.45. The number of para-hydroxylation sites is 1. The summed E-state index contributed by atoms with van der Waals surface area (Å²) in [7, 11) is 0. The number of aromatic amines is 1. The Labute approximate surface area is 216 Å². The van der Waals surface area contributed by atoms with Crippen molar-refractivity contribution in [3.63, 3.8) is 0 Å². The van der Waals surface area contributed by atoms with Crippen LogP contribution in [-0.4, -0.2) is 53.8 Å². The molecular formula is C27H26F3N5O3. The van der Waals surface area contributed by atoms with Crippen molar-refractivity contribution in [1.29, 1.82) is 0 Å². The Bertz CT molecular complexity index is 1550. The summed E-state index contributed by atoms with van der Waals surface area (Å²) in [5.74, 6) is 1.64. The lowest BCUT2D eigenvalue weighted by Gasteiger charge is -2.34. The van der Waals surface area contributed by atoms with Crippen LogP contribution < -0.4 is 15.4 Å². The summed E-state index contributed by atoms with van der Waals surface area (Å²) in [6.07, 6.45) is 4.16. The van der Waals surface area contributed by atoms with Gasteiger partial charge in [-0.05, 0) is 38.0 Å². The molecule has 1 aromatic carbocycles. The van der Waals surface area contributed by atoms with E-state index in [4.69, 9.17) is 15.6 Å². The van der Waals surface area contributed by atoms with Crippen LogP contribution in [0.2, 0.25) is 0 Å². The van der Waals surface area contributed by atoms with Gasteiger partial charge in [0.2, 0.25) is 5.82 Å². The number of hydrogen-bond acceptors (Lipinski definition) is 7. The number of nitrogens with one attached hydrogen (secondary N) is 1. The zero-order valence-electron chi connectivity index (χ0n) is 20.7. The first kappa shape index (κ1) is 25.6. The number of ether oxygens (including phenoxy) is 1. The quantitative estimate of drug-likeness (QED) is 0.384. The van der Waals surface area contributed by atoms with Gasteiger partial charge in [-0.2, -0.15) is 13.2 Å². The minimum absolute atomic E-state index is 0.104. The summed E-state index contributed by atoms with van der Waals surface area (Å²) in [5, 5.41) is 0.575. The molecule has 198 valence electrons. The third-order valence-electron chi connectivity index (χ3n) is 6.59. The van der Waals surface area contributed by atoms with Crippen molar-refractivity contribution in [1.82, 2.24) is 15.0 Å². The zero-order valence-corrected chi connectivity index (χ0v) is 20.7. The van der Waals surface area contributed by atoms with Crippen LogP contribution in [0.3, 0.4) is 0 Å². The van der Waals surface area contributed by atoms with Crippen LogP contribution >= 0.6 is 0 Å². The second kappa shape index (κ2) is 10.4. The first-order chi connectivity index (χ1) is 18.3. The number of fused-ring (bicyclic) bond motifs is 3. The average Bonchev–Trinajstić information content (AvgIpc) is 3.57. The van der Waals surface area contributed by atoms with Crippen LogP contribution in [0.5, 0.6) is 0 Å². The van der Waals surface area contributed by atoms with Gasteiger partial charge in [0.25, 0.3) is 5.56 Å². The van der Waals surface area contributed by atoms with Crippen molar-refractivity contribution in [3.05, 3.63) is 58.3 Å². The maximum absolute atomic E-state index is 13.1. The number of rotatable bonds is 2. The van der Waals surface area contributed by atoms with Gasteiger partial charge in [-0.15, -0.1) is 6.42 Å². The number of furan rings is 1. The molecule has 0 bridgehead atoms. The number of H-pyrrole nitrogens is 1. The van der Waals surface area contributed by atoms with Crippen LogP contribution in [0.25, 0.3) is 22.1 Å². The summed E-state index contributed by atoms with van der Waals surface area (Å²) in [6.45, 7) is 5.39. The summed E-state index contributed by atoms with van der Waals surface area (Å²) >= 11 is 0. The molecule has 5 heterocycles.